The van der Waals surface area contributed by atoms with Gasteiger partial charge in [0.15, 0.2) is 6.29 Å². The third-order valence-corrected chi connectivity index (χ3v) is 16.2. The molecular weight excluding hydrogens is 1120 g/mol. The van der Waals surface area contributed by atoms with Gasteiger partial charge in [-0.3, -0.25) is 14.4 Å². The highest BCUT2D eigenvalue weighted by Crippen LogP contribution is 2.37. The summed E-state index contributed by atoms with van der Waals surface area (Å²) in [5.74, 6) is -6.46. The summed E-state index contributed by atoms with van der Waals surface area (Å²) in [4.78, 5) is 50.1. The average molecular weight is 1240 g/mol. The first-order valence-corrected chi connectivity index (χ1v) is 33.6. The van der Waals surface area contributed by atoms with Gasteiger partial charge in [0.25, 0.3) is 5.79 Å². The van der Waals surface area contributed by atoms with Crippen LogP contribution < -0.4 is 10.6 Å². The first kappa shape index (κ1) is 79.4. The average Bonchev–Trinajstić information content (AvgIpc) is 3.18. The molecule has 2 aliphatic rings. The number of carboxylic acids is 1. The molecule has 22 nitrogen and oxygen atoms in total. The molecule has 0 aliphatic carbocycles. The molecule has 2 rings (SSSR count). The smallest absolute Gasteiger partial charge is 0.364 e. The summed E-state index contributed by atoms with van der Waals surface area (Å²) in [7, 11) is 0. The van der Waals surface area contributed by atoms with Crippen LogP contribution in [0.15, 0.2) is 0 Å². The molecule has 0 saturated carbocycles. The number of hydrogen-bond acceptors (Lipinski definition) is 19. The van der Waals surface area contributed by atoms with Crippen molar-refractivity contribution in [2.24, 2.45) is 0 Å². The van der Waals surface area contributed by atoms with Crippen molar-refractivity contribution in [3.8, 4) is 0 Å². The number of carboxylic acid groups (broad SMARTS) is 1. The number of hydrogen-bond donors (Lipinski definition) is 10. The zero-order valence-corrected chi connectivity index (χ0v) is 53.1. The van der Waals surface area contributed by atoms with E-state index in [1.54, 1.807) is 0 Å². The zero-order chi connectivity index (χ0) is 63.1. The number of aliphatic hydroxyl groups excluding tert-OH is 7. The molecule has 0 bridgehead atoms. The van der Waals surface area contributed by atoms with Crippen LogP contribution in [0.3, 0.4) is 0 Å². The Bertz CT molecular complexity index is 1690. The summed E-state index contributed by atoms with van der Waals surface area (Å²) in [5, 5.41) is 88.9. The van der Waals surface area contributed by atoms with Gasteiger partial charge in [-0.25, -0.2) is 4.79 Å². The van der Waals surface area contributed by atoms with Gasteiger partial charge < -0.3 is 89.4 Å². The predicted molar refractivity (Wildman–Crippen MR) is 325 cm³/mol. The number of ether oxygens (including phenoxy) is 8. The number of aliphatic carboxylic acids is 1. The summed E-state index contributed by atoms with van der Waals surface area (Å²) < 4.78 is 45.8. The van der Waals surface area contributed by atoms with Crippen LogP contribution in [0.2, 0.25) is 0 Å². The van der Waals surface area contributed by atoms with Gasteiger partial charge in [0.2, 0.25) is 11.8 Å². The maximum Gasteiger partial charge on any atom is 0.364 e. The van der Waals surface area contributed by atoms with E-state index < -0.39 is 116 Å². The standard InChI is InChI=1S/C64H120N2O20/c1-4-6-8-10-12-14-16-18-20-22-24-26-28-30-32-34-39-80-47-50(81-40-35-33-31-29-27-25-23-21-19-17-15-13-11-9-7-5-2)48-83-55(73)37-36-54(72)65-38-41-79-42-43-82-62-59(76)61(58(75)53(46-68)84-62)86-64(63(77)78)44-51(70)56(66-49(3)69)60(85-64)57(74)52(71)45-67/h50-53,56-62,67-68,70-71,74-76H,4-48H2,1-3H3,(H,65,72)(H,66,69)(H,77,78)/t50?,51-,52+,53+,56+,57+,58+,59+,60+,61-,62+,64-/m0/s1. The van der Waals surface area contributed by atoms with Gasteiger partial charge in [-0.2, -0.15) is 0 Å². The lowest BCUT2D eigenvalue weighted by molar-refractivity contribution is -0.370. The van der Waals surface area contributed by atoms with Crippen molar-refractivity contribution in [2.75, 3.05) is 66.0 Å². The van der Waals surface area contributed by atoms with E-state index in [1.165, 1.54) is 180 Å². The molecule has 10 N–H and O–H groups in total. The molecule has 0 aromatic rings. The van der Waals surface area contributed by atoms with Crippen molar-refractivity contribution in [3.05, 3.63) is 0 Å². The fourth-order valence-electron chi connectivity index (χ4n) is 11.0. The van der Waals surface area contributed by atoms with Crippen molar-refractivity contribution >= 4 is 23.8 Å². The van der Waals surface area contributed by atoms with Crippen molar-refractivity contribution in [3.63, 3.8) is 0 Å². The summed E-state index contributed by atoms with van der Waals surface area (Å²) in [6, 6.07) is -1.50. The van der Waals surface area contributed by atoms with E-state index in [0.29, 0.717) is 19.8 Å². The molecule has 22 heteroatoms. The second-order valence-electron chi connectivity index (χ2n) is 23.9. The van der Waals surface area contributed by atoms with Crippen molar-refractivity contribution < 1.29 is 97.9 Å². The maximum atomic E-state index is 12.8. The lowest BCUT2D eigenvalue weighted by Crippen LogP contribution is -2.70. The van der Waals surface area contributed by atoms with E-state index in [9.17, 15) is 60.0 Å². The molecule has 2 amide bonds. The third kappa shape index (κ3) is 35.6. The molecule has 12 atom stereocenters. The van der Waals surface area contributed by atoms with Crippen LogP contribution in [-0.4, -0.2) is 204 Å². The summed E-state index contributed by atoms with van der Waals surface area (Å²) in [6.45, 7) is 5.01. The molecule has 2 heterocycles. The van der Waals surface area contributed by atoms with Gasteiger partial charge in [0.05, 0.1) is 58.2 Å². The van der Waals surface area contributed by atoms with Crippen molar-refractivity contribution in [1.82, 2.24) is 10.6 Å². The third-order valence-electron chi connectivity index (χ3n) is 16.2. The number of carbonyl (C=O) groups excluding carboxylic acids is 3. The van der Waals surface area contributed by atoms with Crippen molar-refractivity contribution in [1.29, 1.82) is 0 Å². The Labute approximate surface area is 515 Å². The molecule has 2 saturated heterocycles. The van der Waals surface area contributed by atoms with E-state index >= 15 is 0 Å². The maximum absolute atomic E-state index is 12.8. The van der Waals surface area contributed by atoms with Gasteiger partial charge in [-0.1, -0.05) is 206 Å². The Morgan fingerprint density at radius 3 is 1.58 bits per heavy atom. The number of unbranched alkanes of at least 4 members (excludes halogenated alkanes) is 30. The molecular formula is C64H120N2O20. The Kier molecular flexibility index (Phi) is 47.1. The second-order valence-corrected chi connectivity index (χ2v) is 23.9. The second kappa shape index (κ2) is 51.0. The molecule has 86 heavy (non-hydrogen) atoms. The topological polar surface area (TPSA) is 328 Å². The molecule has 0 aromatic heterocycles. The number of rotatable bonds is 57. The van der Waals surface area contributed by atoms with E-state index in [2.05, 4.69) is 24.5 Å². The van der Waals surface area contributed by atoms with Crippen LogP contribution in [0.25, 0.3) is 0 Å². The summed E-state index contributed by atoms with van der Waals surface area (Å²) >= 11 is 0. The van der Waals surface area contributed by atoms with Crippen LogP contribution >= 0.6 is 0 Å². The van der Waals surface area contributed by atoms with Crippen LogP contribution in [0.5, 0.6) is 0 Å². The summed E-state index contributed by atoms with van der Waals surface area (Å²) in [6.07, 6.45) is 23.2. The molecule has 1 unspecified atom stereocenters. The number of nitrogens with one attached hydrogen (secondary N) is 2. The zero-order valence-electron chi connectivity index (χ0n) is 53.1. The highest BCUT2D eigenvalue weighted by molar-refractivity contribution is 5.81. The van der Waals surface area contributed by atoms with Crippen LogP contribution in [0.1, 0.15) is 245 Å². The summed E-state index contributed by atoms with van der Waals surface area (Å²) in [5.41, 5.74) is 0. The molecule has 0 aromatic carbocycles. The lowest BCUT2D eigenvalue weighted by Gasteiger charge is -2.49. The largest absolute Gasteiger partial charge is 0.477 e. The highest BCUT2D eigenvalue weighted by atomic mass is 16.8. The fraction of sp³-hybridized carbons (Fsp3) is 0.938. The SMILES string of the molecule is CCCCCCCCCCCCCCCCCCOCC(COC(=O)CCC(=O)NCCOCCO[C@@H]1O[C@H](CO)[C@@H](O)[C@H](O[C@]2(C(=O)O)C[C@H](O)[C@@H](NC(C)=O)[C@H]([C@H](O)[C@H](O)CO)O2)[C@H]1O)OCCCCCCCCCCCCCCCCCC. The number of amides is 2. The minimum absolute atomic E-state index is 0.0213. The first-order valence-electron chi connectivity index (χ1n) is 33.6. The van der Waals surface area contributed by atoms with E-state index in [0.717, 1.165) is 32.6 Å². The Morgan fingerprint density at radius 1 is 0.605 bits per heavy atom. The van der Waals surface area contributed by atoms with Gasteiger partial charge in [0.1, 0.15) is 55.4 Å². The molecule has 2 aliphatic heterocycles. The van der Waals surface area contributed by atoms with E-state index in [4.69, 9.17) is 37.9 Å². The van der Waals surface area contributed by atoms with Gasteiger partial charge >= 0.3 is 11.9 Å². The van der Waals surface area contributed by atoms with Gasteiger partial charge in [-0.15, -0.1) is 0 Å². The predicted octanol–water partition coefficient (Wildman–Crippen LogP) is 7.36. The number of esters is 1. The first-order chi connectivity index (χ1) is 41.6. The quantitative estimate of drug-likeness (QED) is 0.0210. The monoisotopic (exact) mass is 1240 g/mol. The number of aliphatic hydroxyl groups is 7. The van der Waals surface area contributed by atoms with E-state index in [-0.39, 0.29) is 45.8 Å². The molecule has 0 radical (unpaired) electrons. The minimum atomic E-state index is -2.93. The number of carbonyl (C=O) groups is 4. The molecule has 0 spiro atoms. The highest BCUT2D eigenvalue weighted by Gasteiger charge is 2.59. The van der Waals surface area contributed by atoms with E-state index in [1.807, 2.05) is 0 Å². The Balaban J connectivity index is 1.74. The van der Waals surface area contributed by atoms with Crippen molar-refractivity contribution in [2.45, 2.75) is 319 Å². The van der Waals surface area contributed by atoms with Crippen LogP contribution in [0.4, 0.5) is 0 Å². The lowest BCUT2D eigenvalue weighted by atomic mass is 9.88. The Morgan fingerprint density at radius 2 is 1.10 bits per heavy atom. The Hall–Kier alpha value is -2.68. The van der Waals surface area contributed by atoms with Gasteiger partial charge in [0, 0.05) is 39.5 Å². The van der Waals surface area contributed by atoms with Crippen LogP contribution in [0, 0.1) is 0 Å². The van der Waals surface area contributed by atoms with Crippen LogP contribution in [-0.2, 0) is 57.1 Å². The normalized spacial score (nSPS) is 23.4. The van der Waals surface area contributed by atoms with Gasteiger partial charge in [-0.05, 0) is 12.8 Å². The fourth-order valence-corrected chi connectivity index (χ4v) is 11.0. The minimum Gasteiger partial charge on any atom is -0.477 e. The molecule has 506 valence electrons. The molecule has 2 fully saturated rings.